The van der Waals surface area contributed by atoms with Crippen molar-refractivity contribution in [3.8, 4) is 0 Å². The number of rotatable bonds is 6. The van der Waals surface area contributed by atoms with Crippen LogP contribution in [0.25, 0.3) is 0 Å². The Bertz CT molecular complexity index is 737. The van der Waals surface area contributed by atoms with Gasteiger partial charge in [0.15, 0.2) is 0 Å². The molecule has 28 heavy (non-hydrogen) atoms. The van der Waals surface area contributed by atoms with Gasteiger partial charge in [0.1, 0.15) is 5.82 Å². The summed E-state index contributed by atoms with van der Waals surface area (Å²) in [5, 5.41) is 3.06. The van der Waals surface area contributed by atoms with Crippen LogP contribution in [0, 0.1) is 5.82 Å². The Morgan fingerprint density at radius 3 is 2.07 bits per heavy atom. The Hall–Kier alpha value is -1.47. The summed E-state index contributed by atoms with van der Waals surface area (Å²) in [7, 11) is -3.85. The van der Waals surface area contributed by atoms with E-state index >= 15 is 0 Å². The lowest BCUT2D eigenvalue weighted by Gasteiger charge is -2.33. The van der Waals surface area contributed by atoms with E-state index in [1.165, 1.54) is 29.3 Å². The van der Waals surface area contributed by atoms with Gasteiger partial charge in [-0.15, -0.1) is 0 Å². The first kappa shape index (κ1) is 21.2. The number of carbonyl (C=O) groups excluding carboxylic acids is 1. The van der Waals surface area contributed by atoms with Crippen LogP contribution >= 0.6 is 0 Å². The second-order valence-electron chi connectivity index (χ2n) is 8.05. The number of halogens is 1. The molecule has 2 aliphatic carbocycles. The lowest BCUT2D eigenvalue weighted by Crippen LogP contribution is -2.48. The first-order chi connectivity index (χ1) is 13.5. The fourth-order valence-electron chi connectivity index (χ4n) is 4.36. The van der Waals surface area contributed by atoms with Crippen LogP contribution in [-0.2, 0) is 14.8 Å². The fourth-order valence-corrected chi connectivity index (χ4v) is 6.00. The van der Waals surface area contributed by atoms with Crippen LogP contribution < -0.4 is 5.32 Å². The van der Waals surface area contributed by atoms with Gasteiger partial charge in [0.2, 0.25) is 15.9 Å². The largest absolute Gasteiger partial charge is 0.352 e. The molecule has 3 rings (SSSR count). The van der Waals surface area contributed by atoms with E-state index in [9.17, 15) is 17.6 Å². The Morgan fingerprint density at radius 1 is 0.929 bits per heavy atom. The third-order valence-electron chi connectivity index (χ3n) is 5.92. The summed E-state index contributed by atoms with van der Waals surface area (Å²) >= 11 is 0. The zero-order valence-electron chi connectivity index (χ0n) is 16.4. The van der Waals surface area contributed by atoms with Gasteiger partial charge >= 0.3 is 0 Å². The standard InChI is InChI=1S/C21H31FN2O3S/c22-17-12-14-20(15-13-17)28(26,27)24(19-10-6-3-7-11-19)16-21(25)23-18-8-4-1-2-5-9-18/h12-15,18-19H,1-11,16H2,(H,23,25). The molecule has 0 aliphatic heterocycles. The van der Waals surface area contributed by atoms with Crippen LogP contribution in [0.2, 0.25) is 0 Å². The maximum atomic E-state index is 13.3. The zero-order chi connectivity index (χ0) is 20.0. The van der Waals surface area contributed by atoms with Crippen molar-refractivity contribution in [2.45, 2.75) is 87.6 Å². The lowest BCUT2D eigenvalue weighted by molar-refractivity contribution is -0.122. The Balaban J connectivity index is 1.76. The van der Waals surface area contributed by atoms with Crippen LogP contribution in [0.4, 0.5) is 4.39 Å². The third-order valence-corrected chi connectivity index (χ3v) is 7.83. The van der Waals surface area contributed by atoms with Gasteiger partial charge in [-0.1, -0.05) is 44.9 Å². The molecule has 0 aromatic heterocycles. The van der Waals surface area contributed by atoms with Crippen molar-refractivity contribution < 1.29 is 17.6 Å². The van der Waals surface area contributed by atoms with Crippen molar-refractivity contribution in [1.82, 2.24) is 9.62 Å². The molecule has 2 saturated carbocycles. The van der Waals surface area contributed by atoms with Crippen LogP contribution in [0.3, 0.4) is 0 Å². The minimum atomic E-state index is -3.85. The van der Waals surface area contributed by atoms with E-state index in [-0.39, 0.29) is 29.4 Å². The highest BCUT2D eigenvalue weighted by Gasteiger charge is 2.34. The molecule has 5 nitrogen and oxygen atoms in total. The van der Waals surface area contributed by atoms with Crippen molar-refractivity contribution in [2.24, 2.45) is 0 Å². The van der Waals surface area contributed by atoms with Gasteiger partial charge in [-0.3, -0.25) is 4.79 Å². The quantitative estimate of drug-likeness (QED) is 0.721. The molecular weight excluding hydrogens is 379 g/mol. The lowest BCUT2D eigenvalue weighted by atomic mass is 9.95. The molecular formula is C21H31FN2O3S. The van der Waals surface area contributed by atoms with E-state index in [1.54, 1.807) is 0 Å². The summed E-state index contributed by atoms with van der Waals surface area (Å²) in [5.74, 6) is -0.711. The Morgan fingerprint density at radius 2 is 1.46 bits per heavy atom. The average molecular weight is 411 g/mol. The van der Waals surface area contributed by atoms with Crippen molar-refractivity contribution >= 4 is 15.9 Å². The number of nitrogens with zero attached hydrogens (tertiary/aromatic N) is 1. The average Bonchev–Trinajstić information content (AvgIpc) is 2.95. The van der Waals surface area contributed by atoms with Crippen LogP contribution in [-0.4, -0.2) is 37.3 Å². The first-order valence-electron chi connectivity index (χ1n) is 10.5. The molecule has 156 valence electrons. The van der Waals surface area contributed by atoms with Crippen molar-refractivity contribution in [3.05, 3.63) is 30.1 Å². The molecule has 1 N–H and O–H groups in total. The number of amides is 1. The molecule has 0 radical (unpaired) electrons. The summed E-state index contributed by atoms with van der Waals surface area (Å²) in [5.41, 5.74) is 0. The van der Waals surface area contributed by atoms with Crippen molar-refractivity contribution in [1.29, 1.82) is 0 Å². The zero-order valence-corrected chi connectivity index (χ0v) is 17.2. The van der Waals surface area contributed by atoms with Gasteiger partial charge in [-0.2, -0.15) is 4.31 Å². The van der Waals surface area contributed by atoms with E-state index in [4.69, 9.17) is 0 Å². The topological polar surface area (TPSA) is 66.5 Å². The number of sulfonamides is 1. The molecule has 2 fully saturated rings. The minimum Gasteiger partial charge on any atom is -0.352 e. The second kappa shape index (κ2) is 9.83. The van der Waals surface area contributed by atoms with E-state index in [0.29, 0.717) is 0 Å². The molecule has 1 aromatic carbocycles. The first-order valence-corrected chi connectivity index (χ1v) is 12.0. The molecule has 0 spiro atoms. The van der Waals surface area contributed by atoms with Crippen LogP contribution in [0.15, 0.2) is 29.2 Å². The number of hydrogen-bond acceptors (Lipinski definition) is 3. The highest BCUT2D eigenvalue weighted by Crippen LogP contribution is 2.28. The van der Waals surface area contributed by atoms with Gasteiger partial charge in [0, 0.05) is 12.1 Å². The van der Waals surface area contributed by atoms with Crippen LogP contribution in [0.5, 0.6) is 0 Å². The Kier molecular flexibility index (Phi) is 7.46. The predicted octanol–water partition coefficient (Wildman–Crippen LogP) is 3.99. The van der Waals surface area contributed by atoms with E-state index in [2.05, 4.69) is 5.32 Å². The van der Waals surface area contributed by atoms with Gasteiger partial charge in [-0.05, 0) is 49.9 Å². The van der Waals surface area contributed by atoms with Gasteiger partial charge in [-0.25, -0.2) is 12.8 Å². The molecule has 0 atom stereocenters. The third kappa shape index (κ3) is 5.54. The minimum absolute atomic E-state index is 0.0433. The van der Waals surface area contributed by atoms with Crippen molar-refractivity contribution in [2.75, 3.05) is 6.54 Å². The monoisotopic (exact) mass is 410 g/mol. The normalized spacial score (nSPS) is 20.1. The fraction of sp³-hybridized carbons (Fsp3) is 0.667. The highest BCUT2D eigenvalue weighted by atomic mass is 32.2. The molecule has 0 unspecified atom stereocenters. The van der Waals surface area contributed by atoms with E-state index in [0.717, 1.165) is 69.9 Å². The summed E-state index contributed by atoms with van der Waals surface area (Å²) in [6.07, 6.45) is 11.0. The maximum absolute atomic E-state index is 13.3. The molecule has 2 aliphatic rings. The number of carbonyl (C=O) groups is 1. The summed E-state index contributed by atoms with van der Waals surface area (Å²) < 4.78 is 41.1. The van der Waals surface area contributed by atoms with E-state index < -0.39 is 15.8 Å². The molecule has 0 saturated heterocycles. The number of nitrogens with one attached hydrogen (secondary N) is 1. The van der Waals surface area contributed by atoms with Crippen LogP contribution in [0.1, 0.15) is 70.6 Å². The summed E-state index contributed by atoms with van der Waals surface area (Å²) in [6, 6.07) is 4.82. The SMILES string of the molecule is O=C(CN(C1CCCCC1)S(=O)(=O)c1ccc(F)cc1)NC1CCCCCC1. The van der Waals surface area contributed by atoms with Gasteiger partial charge < -0.3 is 5.32 Å². The molecule has 0 bridgehead atoms. The Labute approximate surface area is 167 Å². The molecule has 0 heterocycles. The predicted molar refractivity (Wildman–Crippen MR) is 107 cm³/mol. The highest BCUT2D eigenvalue weighted by molar-refractivity contribution is 7.89. The smallest absolute Gasteiger partial charge is 0.243 e. The summed E-state index contributed by atoms with van der Waals surface area (Å²) in [6.45, 7) is -0.166. The van der Waals surface area contributed by atoms with Crippen molar-refractivity contribution in [3.63, 3.8) is 0 Å². The molecule has 7 heteroatoms. The van der Waals surface area contributed by atoms with Gasteiger partial charge in [0.05, 0.1) is 11.4 Å². The molecule has 1 amide bonds. The maximum Gasteiger partial charge on any atom is 0.243 e. The number of hydrogen-bond donors (Lipinski definition) is 1. The second-order valence-corrected chi connectivity index (χ2v) is 9.94. The molecule has 1 aromatic rings. The van der Waals surface area contributed by atoms with Gasteiger partial charge in [0.25, 0.3) is 0 Å². The summed E-state index contributed by atoms with van der Waals surface area (Å²) in [4.78, 5) is 12.8. The number of benzene rings is 1. The van der Waals surface area contributed by atoms with E-state index in [1.807, 2.05) is 0 Å².